The fourth-order valence-corrected chi connectivity index (χ4v) is 2.53. The van der Waals surface area contributed by atoms with E-state index in [1.165, 1.54) is 26.1 Å². The van der Waals surface area contributed by atoms with E-state index in [0.29, 0.717) is 0 Å². The van der Waals surface area contributed by atoms with Crippen LogP contribution in [0.5, 0.6) is 0 Å². The van der Waals surface area contributed by atoms with Crippen molar-refractivity contribution in [3.05, 3.63) is 30.3 Å². The lowest BCUT2D eigenvalue weighted by Gasteiger charge is -2.17. The molecule has 1 amide bonds. The summed E-state index contributed by atoms with van der Waals surface area (Å²) in [5.74, 6) is -0.456. The molecule has 1 aromatic rings. The molecule has 7 heteroatoms. The smallest absolute Gasteiger partial charge is 0.243 e. The highest BCUT2D eigenvalue weighted by Gasteiger charge is 2.22. The van der Waals surface area contributed by atoms with Gasteiger partial charge < -0.3 is 10.4 Å². The number of hydrogen-bond donors (Lipinski definition) is 2. The second kappa shape index (κ2) is 6.65. The molecule has 19 heavy (non-hydrogen) atoms. The predicted molar refractivity (Wildman–Crippen MR) is 70.9 cm³/mol. The molecule has 1 atom stereocenters. The molecular weight excluding hydrogens is 268 g/mol. The van der Waals surface area contributed by atoms with Crippen molar-refractivity contribution in [2.75, 3.05) is 20.1 Å². The van der Waals surface area contributed by atoms with Crippen molar-refractivity contribution in [1.82, 2.24) is 9.62 Å². The van der Waals surface area contributed by atoms with Crippen LogP contribution in [-0.2, 0) is 14.8 Å². The molecule has 1 aromatic carbocycles. The summed E-state index contributed by atoms with van der Waals surface area (Å²) >= 11 is 0. The number of benzene rings is 1. The van der Waals surface area contributed by atoms with Crippen molar-refractivity contribution >= 4 is 15.9 Å². The van der Waals surface area contributed by atoms with Gasteiger partial charge in [-0.1, -0.05) is 18.2 Å². The van der Waals surface area contributed by atoms with Gasteiger partial charge in [0.2, 0.25) is 15.9 Å². The van der Waals surface area contributed by atoms with Crippen LogP contribution in [0.1, 0.15) is 6.92 Å². The Hall–Kier alpha value is -1.44. The average molecular weight is 286 g/mol. The lowest BCUT2D eigenvalue weighted by atomic mass is 10.4. The minimum atomic E-state index is -3.66. The van der Waals surface area contributed by atoms with Crippen LogP contribution >= 0.6 is 0 Å². The van der Waals surface area contributed by atoms with Gasteiger partial charge in [-0.25, -0.2) is 8.42 Å². The molecule has 0 aliphatic heterocycles. The average Bonchev–Trinajstić information content (AvgIpc) is 2.37. The highest BCUT2D eigenvalue weighted by Crippen LogP contribution is 2.12. The molecule has 0 fully saturated rings. The van der Waals surface area contributed by atoms with Gasteiger partial charge in [0.1, 0.15) is 0 Å². The van der Waals surface area contributed by atoms with E-state index in [9.17, 15) is 13.2 Å². The van der Waals surface area contributed by atoms with Crippen molar-refractivity contribution in [3.63, 3.8) is 0 Å². The Kier molecular flexibility index (Phi) is 5.46. The number of hydrogen-bond acceptors (Lipinski definition) is 4. The molecule has 1 unspecified atom stereocenters. The lowest BCUT2D eigenvalue weighted by Crippen LogP contribution is -2.40. The normalized spacial score (nSPS) is 13.3. The quantitative estimate of drug-likeness (QED) is 0.758. The van der Waals surface area contributed by atoms with E-state index >= 15 is 0 Å². The standard InChI is InChI=1S/C12H18N2O4S/c1-10(15)8-13-12(16)9-14(2)19(17,18)11-6-4-3-5-7-11/h3-7,10,15H,8-9H2,1-2H3,(H,13,16). The number of sulfonamides is 1. The summed E-state index contributed by atoms with van der Waals surface area (Å²) in [6.45, 7) is 1.34. The van der Waals surface area contributed by atoms with Gasteiger partial charge in [0.05, 0.1) is 17.5 Å². The highest BCUT2D eigenvalue weighted by molar-refractivity contribution is 7.89. The topological polar surface area (TPSA) is 86.7 Å². The lowest BCUT2D eigenvalue weighted by molar-refractivity contribution is -0.121. The maximum atomic E-state index is 12.1. The molecule has 106 valence electrons. The zero-order valence-corrected chi connectivity index (χ0v) is 11.7. The van der Waals surface area contributed by atoms with Crippen LogP contribution in [0.15, 0.2) is 35.2 Å². The molecule has 0 radical (unpaired) electrons. The van der Waals surface area contributed by atoms with Crippen LogP contribution in [0.25, 0.3) is 0 Å². The molecule has 6 nitrogen and oxygen atoms in total. The number of nitrogens with one attached hydrogen (secondary N) is 1. The molecule has 0 bridgehead atoms. The van der Waals surface area contributed by atoms with Gasteiger partial charge in [0.15, 0.2) is 0 Å². The summed E-state index contributed by atoms with van der Waals surface area (Å²) in [5, 5.41) is 11.5. The van der Waals surface area contributed by atoms with Crippen molar-refractivity contribution in [2.24, 2.45) is 0 Å². The Morgan fingerprint density at radius 3 is 2.47 bits per heavy atom. The number of aliphatic hydroxyl groups is 1. The molecule has 0 heterocycles. The van der Waals surface area contributed by atoms with Crippen LogP contribution in [0.3, 0.4) is 0 Å². The minimum Gasteiger partial charge on any atom is -0.392 e. The summed E-state index contributed by atoms with van der Waals surface area (Å²) in [4.78, 5) is 11.6. The van der Waals surface area contributed by atoms with Crippen LogP contribution < -0.4 is 5.32 Å². The third kappa shape index (κ3) is 4.62. The zero-order chi connectivity index (χ0) is 14.5. The molecule has 2 N–H and O–H groups in total. The van der Waals surface area contributed by atoms with Gasteiger partial charge in [-0.05, 0) is 19.1 Å². The van der Waals surface area contributed by atoms with Gasteiger partial charge >= 0.3 is 0 Å². The van der Waals surface area contributed by atoms with Crippen molar-refractivity contribution in [2.45, 2.75) is 17.9 Å². The predicted octanol–water partition coefficient (Wildman–Crippen LogP) is -0.196. The summed E-state index contributed by atoms with van der Waals surface area (Å²) in [6.07, 6.45) is -0.667. The molecule has 0 aliphatic rings. The van der Waals surface area contributed by atoms with Gasteiger partial charge in [0.25, 0.3) is 0 Å². The van der Waals surface area contributed by atoms with Crippen LogP contribution in [0.4, 0.5) is 0 Å². The maximum Gasteiger partial charge on any atom is 0.243 e. The van der Waals surface area contributed by atoms with Gasteiger partial charge in [-0.3, -0.25) is 4.79 Å². The molecule has 0 spiro atoms. The van der Waals surface area contributed by atoms with Crippen molar-refractivity contribution in [1.29, 1.82) is 0 Å². The van der Waals surface area contributed by atoms with Crippen LogP contribution in [-0.4, -0.2) is 50.0 Å². The molecule has 1 rings (SSSR count). The molecule has 0 saturated carbocycles. The van der Waals surface area contributed by atoms with E-state index < -0.39 is 22.0 Å². The number of rotatable bonds is 6. The summed E-state index contributed by atoms with van der Waals surface area (Å²) in [7, 11) is -2.33. The van der Waals surface area contributed by atoms with Crippen LogP contribution in [0, 0.1) is 0 Å². The van der Waals surface area contributed by atoms with E-state index in [1.807, 2.05) is 0 Å². The van der Waals surface area contributed by atoms with Crippen LogP contribution in [0.2, 0.25) is 0 Å². The van der Waals surface area contributed by atoms with E-state index in [4.69, 9.17) is 5.11 Å². The number of nitrogens with zero attached hydrogens (tertiary/aromatic N) is 1. The van der Waals surface area contributed by atoms with E-state index in [2.05, 4.69) is 5.32 Å². The molecule has 0 aromatic heterocycles. The first-order chi connectivity index (χ1) is 8.84. The molecular formula is C12H18N2O4S. The van der Waals surface area contributed by atoms with E-state index in [-0.39, 0.29) is 18.0 Å². The first-order valence-electron chi connectivity index (χ1n) is 5.80. The summed E-state index contributed by atoms with van der Waals surface area (Å²) in [6, 6.07) is 7.90. The second-order valence-electron chi connectivity index (χ2n) is 4.23. The van der Waals surface area contributed by atoms with Gasteiger partial charge in [-0.15, -0.1) is 0 Å². The third-order valence-corrected chi connectivity index (χ3v) is 4.23. The van der Waals surface area contributed by atoms with Crippen molar-refractivity contribution in [3.8, 4) is 0 Å². The minimum absolute atomic E-state index is 0.0953. The Labute approximate surface area is 113 Å². The van der Waals surface area contributed by atoms with E-state index in [1.54, 1.807) is 18.2 Å². The molecule has 0 saturated heterocycles. The fourth-order valence-electron chi connectivity index (χ4n) is 1.38. The Bertz CT molecular complexity index is 514. The SMILES string of the molecule is CC(O)CNC(=O)CN(C)S(=O)(=O)c1ccccc1. The largest absolute Gasteiger partial charge is 0.392 e. The second-order valence-corrected chi connectivity index (χ2v) is 6.27. The number of carbonyl (C=O) groups excluding carboxylic acids is 1. The summed E-state index contributed by atoms with van der Waals surface area (Å²) in [5.41, 5.74) is 0. The highest BCUT2D eigenvalue weighted by atomic mass is 32.2. The Morgan fingerprint density at radius 2 is 1.95 bits per heavy atom. The maximum absolute atomic E-state index is 12.1. The number of likely N-dealkylation sites (N-methyl/N-ethyl adjacent to an activating group) is 1. The summed E-state index contributed by atoms with van der Waals surface area (Å²) < 4.78 is 25.2. The van der Waals surface area contributed by atoms with Gasteiger partial charge in [-0.2, -0.15) is 4.31 Å². The van der Waals surface area contributed by atoms with Gasteiger partial charge in [0, 0.05) is 13.6 Å². The van der Waals surface area contributed by atoms with E-state index in [0.717, 1.165) is 4.31 Å². The fraction of sp³-hybridized carbons (Fsp3) is 0.417. The molecule has 0 aliphatic carbocycles. The zero-order valence-electron chi connectivity index (χ0n) is 10.9. The Balaban J connectivity index is 2.67. The first kappa shape index (κ1) is 15.6. The Morgan fingerprint density at radius 1 is 1.37 bits per heavy atom. The number of amides is 1. The number of carbonyl (C=O) groups is 1. The first-order valence-corrected chi connectivity index (χ1v) is 7.24. The third-order valence-electron chi connectivity index (χ3n) is 2.41. The monoisotopic (exact) mass is 286 g/mol. The number of aliphatic hydroxyl groups excluding tert-OH is 1. The van der Waals surface area contributed by atoms with Crippen molar-refractivity contribution < 1.29 is 18.3 Å².